The van der Waals surface area contributed by atoms with Crippen LogP contribution >= 0.6 is 0 Å². The Labute approximate surface area is 105 Å². The summed E-state index contributed by atoms with van der Waals surface area (Å²) in [5, 5.41) is 0. The Hall–Kier alpha value is -1.52. The standard InChI is InChI=1S/C14H12O4/c15-5-10-2-1-9(3-11-7-17-11)14(6-16)13(10)4-12-8-18-12/h1-2,11-12H,3-4,7-8H2. The maximum absolute atomic E-state index is 11.2. The SMILES string of the molecule is O=[C]c1ccc(CC2CO2)c([C]=O)c1CC1CO1. The molecule has 0 bridgehead atoms. The van der Waals surface area contributed by atoms with Crippen molar-refractivity contribution in [3.05, 3.63) is 34.4 Å². The highest BCUT2D eigenvalue weighted by atomic mass is 16.6. The second-order valence-electron chi connectivity index (χ2n) is 4.65. The number of benzene rings is 1. The molecule has 2 saturated heterocycles. The molecule has 0 spiro atoms. The molecule has 0 amide bonds. The molecule has 2 radical (unpaired) electrons. The largest absolute Gasteiger partial charge is 0.373 e. The van der Waals surface area contributed by atoms with E-state index in [1.165, 1.54) is 0 Å². The summed E-state index contributed by atoms with van der Waals surface area (Å²) in [5.41, 5.74) is 2.52. The molecular formula is C14H12O4. The van der Waals surface area contributed by atoms with Crippen LogP contribution in [0, 0.1) is 0 Å². The Morgan fingerprint density at radius 2 is 1.72 bits per heavy atom. The maximum atomic E-state index is 11.2. The summed E-state index contributed by atoms with van der Waals surface area (Å²) < 4.78 is 10.3. The van der Waals surface area contributed by atoms with Gasteiger partial charge in [0.25, 0.3) is 0 Å². The van der Waals surface area contributed by atoms with Gasteiger partial charge in [-0.2, -0.15) is 0 Å². The first-order valence-corrected chi connectivity index (χ1v) is 5.96. The second-order valence-corrected chi connectivity index (χ2v) is 4.65. The normalized spacial score (nSPS) is 24.7. The first-order valence-electron chi connectivity index (χ1n) is 5.96. The van der Waals surface area contributed by atoms with Crippen LogP contribution in [0.25, 0.3) is 0 Å². The molecule has 2 aliphatic heterocycles. The van der Waals surface area contributed by atoms with Crippen LogP contribution in [-0.2, 0) is 31.9 Å². The van der Waals surface area contributed by atoms with Gasteiger partial charge in [0.05, 0.1) is 25.4 Å². The number of rotatable bonds is 6. The third kappa shape index (κ3) is 2.35. The van der Waals surface area contributed by atoms with Crippen molar-refractivity contribution in [1.29, 1.82) is 0 Å². The quantitative estimate of drug-likeness (QED) is 0.683. The molecule has 0 saturated carbocycles. The van der Waals surface area contributed by atoms with Crippen LogP contribution in [0.3, 0.4) is 0 Å². The fraction of sp³-hybridized carbons (Fsp3) is 0.429. The highest BCUT2D eigenvalue weighted by Gasteiger charge is 2.28. The third-order valence-electron chi connectivity index (χ3n) is 3.30. The summed E-state index contributed by atoms with van der Waals surface area (Å²) in [7, 11) is 0. The molecule has 2 fully saturated rings. The lowest BCUT2D eigenvalue weighted by molar-refractivity contribution is 0.405. The van der Waals surface area contributed by atoms with Gasteiger partial charge < -0.3 is 9.47 Å². The zero-order valence-electron chi connectivity index (χ0n) is 9.77. The van der Waals surface area contributed by atoms with Crippen molar-refractivity contribution in [3.63, 3.8) is 0 Å². The Bertz CT molecular complexity index is 487. The molecule has 1 aromatic carbocycles. The number of carbonyl (C=O) groups excluding carboxylic acids is 2. The van der Waals surface area contributed by atoms with Crippen LogP contribution in [0.2, 0.25) is 0 Å². The van der Waals surface area contributed by atoms with Crippen LogP contribution in [0.4, 0.5) is 0 Å². The van der Waals surface area contributed by atoms with Gasteiger partial charge >= 0.3 is 0 Å². The highest BCUT2D eigenvalue weighted by Crippen LogP contribution is 2.26. The predicted octanol–water partition coefficient (Wildman–Crippen LogP) is 0.485. The van der Waals surface area contributed by atoms with Crippen LogP contribution in [-0.4, -0.2) is 38.0 Å². The van der Waals surface area contributed by atoms with Crippen molar-refractivity contribution in [2.75, 3.05) is 13.2 Å². The molecule has 2 atom stereocenters. The average Bonchev–Trinajstić information content (AvgIpc) is 3.24. The van der Waals surface area contributed by atoms with Gasteiger partial charge in [-0.15, -0.1) is 0 Å². The van der Waals surface area contributed by atoms with E-state index in [-0.39, 0.29) is 12.2 Å². The Balaban J connectivity index is 1.98. The summed E-state index contributed by atoms with van der Waals surface area (Å²) in [6, 6.07) is 3.50. The fourth-order valence-electron chi connectivity index (χ4n) is 2.15. The predicted molar refractivity (Wildman–Crippen MR) is 62.9 cm³/mol. The van der Waals surface area contributed by atoms with Crippen molar-refractivity contribution in [1.82, 2.24) is 0 Å². The Morgan fingerprint density at radius 3 is 2.28 bits per heavy atom. The lowest BCUT2D eigenvalue weighted by Crippen LogP contribution is -2.08. The Morgan fingerprint density at radius 1 is 1.06 bits per heavy atom. The van der Waals surface area contributed by atoms with E-state index < -0.39 is 0 Å². The van der Waals surface area contributed by atoms with E-state index in [1.807, 2.05) is 12.6 Å². The third-order valence-corrected chi connectivity index (χ3v) is 3.30. The van der Waals surface area contributed by atoms with E-state index in [2.05, 4.69) is 0 Å². The molecule has 3 rings (SSSR count). The molecule has 0 aromatic heterocycles. The van der Waals surface area contributed by atoms with Crippen molar-refractivity contribution >= 4 is 12.6 Å². The van der Waals surface area contributed by atoms with Crippen LogP contribution in [0.5, 0.6) is 0 Å². The minimum absolute atomic E-state index is 0.122. The van der Waals surface area contributed by atoms with E-state index in [0.717, 1.165) is 12.2 Å². The maximum Gasteiger partial charge on any atom is 0.234 e. The molecule has 92 valence electrons. The summed E-state index contributed by atoms with van der Waals surface area (Å²) in [5.74, 6) is 0. The molecular weight excluding hydrogens is 232 g/mol. The zero-order valence-corrected chi connectivity index (χ0v) is 9.77. The lowest BCUT2D eigenvalue weighted by atomic mass is 9.92. The molecule has 1 aromatic rings. The molecule has 0 aliphatic carbocycles. The summed E-state index contributed by atoms with van der Waals surface area (Å²) in [6.07, 6.45) is 5.45. The summed E-state index contributed by atoms with van der Waals surface area (Å²) in [6.45, 7) is 1.42. The van der Waals surface area contributed by atoms with Gasteiger partial charge in [-0.1, -0.05) is 12.1 Å². The molecule has 4 heteroatoms. The number of hydrogen-bond donors (Lipinski definition) is 0. The molecule has 0 N–H and O–H groups in total. The average molecular weight is 244 g/mol. The molecule has 2 aliphatic rings. The number of epoxide rings is 2. The lowest BCUT2D eigenvalue weighted by Gasteiger charge is -2.10. The number of ether oxygens (including phenoxy) is 2. The Kier molecular flexibility index (Phi) is 2.97. The minimum atomic E-state index is 0.122. The first kappa shape index (κ1) is 11.6. The van der Waals surface area contributed by atoms with Gasteiger partial charge in [0.2, 0.25) is 12.6 Å². The van der Waals surface area contributed by atoms with Crippen LogP contribution < -0.4 is 0 Å². The van der Waals surface area contributed by atoms with Gasteiger partial charge in [0.15, 0.2) is 0 Å². The molecule has 4 nitrogen and oxygen atoms in total. The van der Waals surface area contributed by atoms with Crippen LogP contribution in [0.1, 0.15) is 22.3 Å². The van der Waals surface area contributed by atoms with E-state index in [4.69, 9.17) is 9.47 Å². The van der Waals surface area contributed by atoms with Gasteiger partial charge in [0, 0.05) is 24.0 Å². The van der Waals surface area contributed by atoms with E-state index in [1.54, 1.807) is 12.1 Å². The smallest absolute Gasteiger partial charge is 0.234 e. The van der Waals surface area contributed by atoms with Crippen molar-refractivity contribution < 1.29 is 19.1 Å². The van der Waals surface area contributed by atoms with Gasteiger partial charge in [0.1, 0.15) is 0 Å². The highest BCUT2D eigenvalue weighted by molar-refractivity contribution is 5.87. The van der Waals surface area contributed by atoms with Gasteiger partial charge in [-0.05, 0) is 11.1 Å². The topological polar surface area (TPSA) is 59.2 Å². The minimum Gasteiger partial charge on any atom is -0.373 e. The van der Waals surface area contributed by atoms with Gasteiger partial charge in [-0.25, -0.2) is 0 Å². The molecule has 2 heterocycles. The first-order chi connectivity index (χ1) is 8.81. The van der Waals surface area contributed by atoms with Crippen molar-refractivity contribution in [2.45, 2.75) is 25.0 Å². The van der Waals surface area contributed by atoms with Crippen molar-refractivity contribution in [2.24, 2.45) is 0 Å². The van der Waals surface area contributed by atoms with E-state index in [9.17, 15) is 9.59 Å². The zero-order chi connectivity index (χ0) is 12.5. The fourth-order valence-corrected chi connectivity index (χ4v) is 2.15. The monoisotopic (exact) mass is 244 g/mol. The number of hydrogen-bond acceptors (Lipinski definition) is 4. The van der Waals surface area contributed by atoms with E-state index in [0.29, 0.717) is 36.1 Å². The summed E-state index contributed by atoms with van der Waals surface area (Å²) >= 11 is 0. The van der Waals surface area contributed by atoms with Crippen LogP contribution in [0.15, 0.2) is 12.1 Å². The summed E-state index contributed by atoms with van der Waals surface area (Å²) in [4.78, 5) is 22.1. The molecule has 18 heavy (non-hydrogen) atoms. The van der Waals surface area contributed by atoms with Gasteiger partial charge in [-0.3, -0.25) is 9.59 Å². The van der Waals surface area contributed by atoms with Crippen molar-refractivity contribution in [3.8, 4) is 0 Å². The second kappa shape index (κ2) is 4.63. The van der Waals surface area contributed by atoms with E-state index >= 15 is 0 Å². The molecule has 2 unspecified atom stereocenters.